The number of hydrogen-bond donors (Lipinski definition) is 1. The summed E-state index contributed by atoms with van der Waals surface area (Å²) in [6, 6.07) is 3.63. The third-order valence-electron chi connectivity index (χ3n) is 2.90. The van der Waals surface area contributed by atoms with E-state index in [0.717, 1.165) is 4.47 Å². The molecule has 0 bridgehead atoms. The zero-order valence-electron chi connectivity index (χ0n) is 9.70. The van der Waals surface area contributed by atoms with Crippen molar-refractivity contribution >= 4 is 33.6 Å². The molecule has 17 heavy (non-hydrogen) atoms. The zero-order chi connectivity index (χ0) is 12.3. The lowest BCUT2D eigenvalue weighted by atomic mass is 10.1. The molecule has 0 spiro atoms. The van der Waals surface area contributed by atoms with Crippen molar-refractivity contribution in [3.63, 3.8) is 0 Å². The first-order valence-electron chi connectivity index (χ1n) is 5.63. The Bertz CT molecular complexity index is 419. The van der Waals surface area contributed by atoms with Crippen LogP contribution in [0.25, 0.3) is 0 Å². The molecular formula is C12H15BrN2OS. The fourth-order valence-electron chi connectivity index (χ4n) is 1.88. The molecule has 1 N–H and O–H groups in total. The fraction of sp³-hybridized carbons (Fsp3) is 0.500. The van der Waals surface area contributed by atoms with Gasteiger partial charge in [0.15, 0.2) is 0 Å². The van der Waals surface area contributed by atoms with Gasteiger partial charge in [-0.3, -0.25) is 4.79 Å². The van der Waals surface area contributed by atoms with E-state index < -0.39 is 0 Å². The van der Waals surface area contributed by atoms with Crippen molar-refractivity contribution in [2.45, 2.75) is 24.5 Å². The van der Waals surface area contributed by atoms with Crippen molar-refractivity contribution in [1.82, 2.24) is 10.3 Å². The van der Waals surface area contributed by atoms with Crippen LogP contribution in [0.5, 0.6) is 0 Å². The molecule has 0 saturated carbocycles. The number of nitrogens with one attached hydrogen (secondary N) is 1. The molecule has 1 aromatic heterocycles. The first-order valence-corrected chi connectivity index (χ1v) is 7.41. The average Bonchev–Trinajstić information content (AvgIpc) is 2.74. The van der Waals surface area contributed by atoms with E-state index in [9.17, 15) is 4.79 Å². The molecule has 1 aliphatic heterocycles. The van der Waals surface area contributed by atoms with Crippen molar-refractivity contribution in [3.8, 4) is 0 Å². The number of nitrogens with zero attached hydrogens (tertiary/aromatic N) is 1. The molecule has 1 amide bonds. The summed E-state index contributed by atoms with van der Waals surface area (Å²) >= 11 is 5.27. The van der Waals surface area contributed by atoms with Crippen LogP contribution in [0, 0.1) is 0 Å². The van der Waals surface area contributed by atoms with Crippen LogP contribution < -0.4 is 5.32 Å². The molecule has 1 atom stereocenters. The molecule has 1 saturated heterocycles. The van der Waals surface area contributed by atoms with E-state index in [1.165, 1.54) is 18.6 Å². The molecule has 92 valence electrons. The average molecular weight is 315 g/mol. The molecule has 1 fully saturated rings. The SMILES string of the molecule is CC1(CNC(=O)c2ncccc2Br)CCCS1. The highest BCUT2D eigenvalue weighted by Gasteiger charge is 2.30. The fourth-order valence-corrected chi connectivity index (χ4v) is 3.56. The van der Waals surface area contributed by atoms with Gasteiger partial charge in [0.2, 0.25) is 0 Å². The van der Waals surface area contributed by atoms with Crippen LogP contribution in [0.4, 0.5) is 0 Å². The number of rotatable bonds is 3. The van der Waals surface area contributed by atoms with Crippen molar-refractivity contribution < 1.29 is 4.79 Å². The molecule has 5 heteroatoms. The van der Waals surface area contributed by atoms with E-state index in [1.54, 1.807) is 12.3 Å². The molecule has 0 radical (unpaired) electrons. The number of aromatic nitrogens is 1. The second-order valence-corrected chi connectivity index (χ2v) is 6.96. The lowest BCUT2D eigenvalue weighted by Crippen LogP contribution is -2.37. The summed E-state index contributed by atoms with van der Waals surface area (Å²) in [4.78, 5) is 16.0. The van der Waals surface area contributed by atoms with Gasteiger partial charge in [0.25, 0.3) is 5.91 Å². The quantitative estimate of drug-likeness (QED) is 0.932. The predicted octanol–water partition coefficient (Wildman–Crippen LogP) is 2.86. The Morgan fingerprint density at radius 3 is 3.18 bits per heavy atom. The Morgan fingerprint density at radius 1 is 1.71 bits per heavy atom. The van der Waals surface area contributed by atoms with Crippen molar-refractivity contribution in [2.24, 2.45) is 0 Å². The lowest BCUT2D eigenvalue weighted by Gasteiger charge is -2.22. The zero-order valence-corrected chi connectivity index (χ0v) is 12.1. The molecule has 2 heterocycles. The first kappa shape index (κ1) is 12.9. The number of carbonyl (C=O) groups excluding carboxylic acids is 1. The summed E-state index contributed by atoms with van der Waals surface area (Å²) in [6.07, 6.45) is 4.04. The van der Waals surface area contributed by atoms with E-state index >= 15 is 0 Å². The Balaban J connectivity index is 1.96. The van der Waals surface area contributed by atoms with Gasteiger partial charge in [-0.05, 0) is 53.6 Å². The Kier molecular flexibility index (Phi) is 4.09. The van der Waals surface area contributed by atoms with E-state index in [0.29, 0.717) is 12.2 Å². The van der Waals surface area contributed by atoms with Crippen LogP contribution in [-0.4, -0.2) is 27.9 Å². The molecule has 1 unspecified atom stereocenters. The summed E-state index contributed by atoms with van der Waals surface area (Å²) in [5, 5.41) is 2.97. The summed E-state index contributed by atoms with van der Waals surface area (Å²) in [5.41, 5.74) is 0.457. The van der Waals surface area contributed by atoms with Gasteiger partial charge in [-0.25, -0.2) is 4.98 Å². The van der Waals surface area contributed by atoms with Gasteiger partial charge in [0, 0.05) is 22.0 Å². The Morgan fingerprint density at radius 2 is 2.53 bits per heavy atom. The van der Waals surface area contributed by atoms with Gasteiger partial charge in [-0.2, -0.15) is 11.8 Å². The van der Waals surface area contributed by atoms with E-state index in [-0.39, 0.29) is 10.7 Å². The minimum atomic E-state index is -0.105. The third kappa shape index (κ3) is 3.22. The highest BCUT2D eigenvalue weighted by molar-refractivity contribution is 9.10. The minimum absolute atomic E-state index is 0.105. The first-order chi connectivity index (χ1) is 8.11. The Hall–Kier alpha value is -0.550. The minimum Gasteiger partial charge on any atom is -0.349 e. The molecular weight excluding hydrogens is 300 g/mol. The third-order valence-corrected chi connectivity index (χ3v) is 5.08. The number of carbonyl (C=O) groups is 1. The number of thioether (sulfide) groups is 1. The largest absolute Gasteiger partial charge is 0.349 e. The van der Waals surface area contributed by atoms with Gasteiger partial charge < -0.3 is 5.32 Å². The summed E-state index contributed by atoms with van der Waals surface area (Å²) in [6.45, 7) is 2.91. The monoisotopic (exact) mass is 314 g/mol. The van der Waals surface area contributed by atoms with Crippen LogP contribution in [0.15, 0.2) is 22.8 Å². The van der Waals surface area contributed by atoms with Gasteiger partial charge >= 0.3 is 0 Å². The van der Waals surface area contributed by atoms with E-state index in [1.807, 2.05) is 17.8 Å². The normalized spacial score (nSPS) is 23.6. The second kappa shape index (κ2) is 5.40. The molecule has 1 aliphatic rings. The van der Waals surface area contributed by atoms with Crippen molar-refractivity contribution in [3.05, 3.63) is 28.5 Å². The smallest absolute Gasteiger partial charge is 0.271 e. The highest BCUT2D eigenvalue weighted by Crippen LogP contribution is 2.37. The Labute approximate surface area is 114 Å². The highest BCUT2D eigenvalue weighted by atomic mass is 79.9. The molecule has 2 rings (SSSR count). The van der Waals surface area contributed by atoms with Crippen LogP contribution >= 0.6 is 27.7 Å². The molecule has 1 aromatic rings. The number of amides is 1. The predicted molar refractivity (Wildman–Crippen MR) is 74.4 cm³/mol. The number of halogens is 1. The van der Waals surface area contributed by atoms with Gasteiger partial charge in [0.05, 0.1) is 0 Å². The molecule has 0 aromatic carbocycles. The number of hydrogen-bond acceptors (Lipinski definition) is 3. The van der Waals surface area contributed by atoms with Gasteiger partial charge in [-0.15, -0.1) is 0 Å². The standard InChI is InChI=1S/C12H15BrN2OS/c1-12(5-3-7-17-12)8-15-11(16)10-9(13)4-2-6-14-10/h2,4,6H,3,5,7-8H2,1H3,(H,15,16). The van der Waals surface area contributed by atoms with Crippen LogP contribution in [0.2, 0.25) is 0 Å². The van der Waals surface area contributed by atoms with Gasteiger partial charge in [-0.1, -0.05) is 0 Å². The molecule has 0 aliphatic carbocycles. The summed E-state index contributed by atoms with van der Waals surface area (Å²) in [7, 11) is 0. The van der Waals surface area contributed by atoms with E-state index in [4.69, 9.17) is 0 Å². The number of pyridine rings is 1. The van der Waals surface area contributed by atoms with Crippen LogP contribution in [0.3, 0.4) is 0 Å². The lowest BCUT2D eigenvalue weighted by molar-refractivity contribution is 0.0944. The second-order valence-electron chi connectivity index (χ2n) is 4.42. The summed E-state index contributed by atoms with van der Waals surface area (Å²) in [5.74, 6) is 1.09. The maximum absolute atomic E-state index is 12.0. The molecule has 3 nitrogen and oxygen atoms in total. The van der Waals surface area contributed by atoms with Gasteiger partial charge in [0.1, 0.15) is 5.69 Å². The topological polar surface area (TPSA) is 42.0 Å². The van der Waals surface area contributed by atoms with Crippen LogP contribution in [0.1, 0.15) is 30.3 Å². The van der Waals surface area contributed by atoms with Crippen molar-refractivity contribution in [2.75, 3.05) is 12.3 Å². The van der Waals surface area contributed by atoms with Crippen molar-refractivity contribution in [1.29, 1.82) is 0 Å². The maximum atomic E-state index is 12.0. The maximum Gasteiger partial charge on any atom is 0.271 e. The van der Waals surface area contributed by atoms with E-state index in [2.05, 4.69) is 33.2 Å². The van der Waals surface area contributed by atoms with Crippen LogP contribution in [-0.2, 0) is 0 Å². The summed E-state index contributed by atoms with van der Waals surface area (Å²) < 4.78 is 0.929.